The van der Waals surface area contributed by atoms with Crippen molar-refractivity contribution in [3.8, 4) is 6.07 Å². The molecule has 0 amide bonds. The van der Waals surface area contributed by atoms with Crippen LogP contribution in [0.2, 0.25) is 0 Å². The number of halogens is 3. The van der Waals surface area contributed by atoms with Crippen molar-refractivity contribution >= 4 is 22.2 Å². The number of carbonyl (C=O) groups excluding carboxylic acids is 1. The smallest absolute Gasteiger partial charge is 0.266 e. The maximum absolute atomic E-state index is 12.4. The van der Waals surface area contributed by atoms with Gasteiger partial charge in [0.25, 0.3) is 6.43 Å². The lowest BCUT2D eigenvalue weighted by atomic mass is 10.0. The molecule has 0 aliphatic carbocycles. The zero-order valence-electron chi connectivity index (χ0n) is 7.38. The minimum atomic E-state index is -2.81. The number of rotatable bonds is 3. The molecule has 0 aliphatic rings. The molecule has 0 bridgehead atoms. The number of nitriles is 1. The minimum absolute atomic E-state index is 0.0767. The fraction of sp³-hybridized carbons (Fsp3) is 0.222. The summed E-state index contributed by atoms with van der Waals surface area (Å²) < 4.78 is 24.9. The lowest BCUT2D eigenvalue weighted by Crippen LogP contribution is -2.03. The van der Waals surface area contributed by atoms with Gasteiger partial charge in [-0.2, -0.15) is 5.26 Å². The third-order valence-corrected chi connectivity index (χ3v) is 2.35. The van der Waals surface area contributed by atoms with E-state index in [1.807, 2.05) is 0 Å². The Morgan fingerprint density at radius 3 is 2.73 bits per heavy atom. The number of alkyl halides is 3. The van der Waals surface area contributed by atoms with E-state index in [2.05, 4.69) is 20.9 Å². The van der Waals surface area contributed by atoms with Gasteiger partial charge in [-0.15, -0.1) is 0 Å². The highest BCUT2D eigenvalue weighted by Crippen LogP contribution is 2.25. The van der Waals surface area contributed by atoms with Crippen molar-refractivity contribution in [3.63, 3.8) is 0 Å². The molecule has 0 unspecified atom stereocenters. The van der Waals surface area contributed by atoms with Crippen molar-refractivity contribution in [3.05, 3.63) is 28.6 Å². The van der Waals surface area contributed by atoms with E-state index in [4.69, 9.17) is 5.26 Å². The van der Waals surface area contributed by atoms with E-state index in [-0.39, 0.29) is 22.2 Å². The highest BCUT2D eigenvalue weighted by molar-refractivity contribution is 9.08. The predicted molar refractivity (Wildman–Crippen MR) is 51.9 cm³/mol. The van der Waals surface area contributed by atoms with E-state index in [0.29, 0.717) is 6.29 Å². The fourth-order valence-corrected chi connectivity index (χ4v) is 1.55. The van der Waals surface area contributed by atoms with Crippen molar-refractivity contribution in [2.45, 2.75) is 11.8 Å². The summed E-state index contributed by atoms with van der Waals surface area (Å²) in [5, 5.41) is 8.95. The van der Waals surface area contributed by atoms with Crippen molar-refractivity contribution in [1.29, 1.82) is 5.26 Å². The van der Waals surface area contributed by atoms with Gasteiger partial charge in [0.2, 0.25) is 0 Å². The highest BCUT2D eigenvalue weighted by Gasteiger charge is 2.19. The van der Waals surface area contributed by atoms with Gasteiger partial charge in [-0.1, -0.05) is 15.9 Å². The second-order valence-corrected chi connectivity index (χ2v) is 3.17. The molecular weight excluding hydrogens is 270 g/mol. The Balaban J connectivity index is 3.50. The molecule has 0 aliphatic heterocycles. The Bertz CT molecular complexity index is 429. The van der Waals surface area contributed by atoms with Gasteiger partial charge >= 0.3 is 0 Å². The molecule has 1 aromatic heterocycles. The first-order valence-corrected chi connectivity index (χ1v) is 4.99. The highest BCUT2D eigenvalue weighted by atomic mass is 79.9. The van der Waals surface area contributed by atoms with Crippen molar-refractivity contribution in [2.75, 3.05) is 0 Å². The maximum atomic E-state index is 12.4. The molecule has 0 spiro atoms. The zero-order chi connectivity index (χ0) is 11.4. The second-order valence-electron chi connectivity index (χ2n) is 2.61. The van der Waals surface area contributed by atoms with Crippen LogP contribution in [0.5, 0.6) is 0 Å². The summed E-state index contributed by atoms with van der Waals surface area (Å²) in [6.45, 7) is 0. The van der Waals surface area contributed by atoms with Gasteiger partial charge in [0.1, 0.15) is 6.07 Å². The summed E-state index contributed by atoms with van der Waals surface area (Å²) >= 11 is 3.06. The van der Waals surface area contributed by atoms with Gasteiger partial charge < -0.3 is 0 Å². The molecule has 1 heterocycles. The average molecular weight is 275 g/mol. The van der Waals surface area contributed by atoms with Crippen LogP contribution in [0.4, 0.5) is 8.78 Å². The van der Waals surface area contributed by atoms with E-state index in [1.54, 1.807) is 6.07 Å². The molecular formula is C9H5BrF2N2O. The fourth-order valence-electron chi connectivity index (χ4n) is 1.11. The average Bonchev–Trinajstić information content (AvgIpc) is 2.26. The molecule has 0 saturated carbocycles. The van der Waals surface area contributed by atoms with Crippen LogP contribution in [0.1, 0.15) is 33.6 Å². The molecule has 6 heteroatoms. The lowest BCUT2D eigenvalue weighted by molar-refractivity contribution is 0.112. The summed E-state index contributed by atoms with van der Waals surface area (Å²) in [5.74, 6) is 0. The molecule has 0 fully saturated rings. The quantitative estimate of drug-likeness (QED) is 0.629. The number of aldehydes is 1. The zero-order valence-corrected chi connectivity index (χ0v) is 8.96. The standard InChI is InChI=1S/C9H5BrF2N2O/c10-1-8-7(4-15)5(2-13)6(3-14-8)9(11)12/h3-4,9H,1H2. The van der Waals surface area contributed by atoms with Crippen molar-refractivity contribution < 1.29 is 13.6 Å². The Hall–Kier alpha value is -1.35. The Morgan fingerprint density at radius 2 is 2.33 bits per heavy atom. The Morgan fingerprint density at radius 1 is 1.67 bits per heavy atom. The van der Waals surface area contributed by atoms with Crippen LogP contribution in [-0.2, 0) is 5.33 Å². The summed E-state index contributed by atoms with van der Waals surface area (Å²) in [7, 11) is 0. The minimum Gasteiger partial charge on any atom is -0.298 e. The predicted octanol–water partition coefficient (Wildman–Crippen LogP) is 2.60. The number of nitrogens with zero attached hydrogens (tertiary/aromatic N) is 2. The molecule has 0 radical (unpaired) electrons. The van der Waals surface area contributed by atoms with Gasteiger partial charge in [-0.3, -0.25) is 9.78 Å². The van der Waals surface area contributed by atoms with Gasteiger partial charge in [-0.05, 0) is 0 Å². The monoisotopic (exact) mass is 274 g/mol. The molecule has 78 valence electrons. The van der Waals surface area contributed by atoms with E-state index < -0.39 is 12.0 Å². The first kappa shape index (κ1) is 11.7. The number of carbonyl (C=O) groups is 1. The van der Waals surface area contributed by atoms with Gasteiger partial charge in [0.05, 0.1) is 22.4 Å². The Labute approximate surface area is 92.9 Å². The number of pyridine rings is 1. The third kappa shape index (κ3) is 2.18. The Kier molecular flexibility index (Phi) is 3.86. The molecule has 0 saturated heterocycles. The molecule has 1 aromatic rings. The number of hydrogen-bond donors (Lipinski definition) is 0. The van der Waals surface area contributed by atoms with Crippen LogP contribution < -0.4 is 0 Å². The topological polar surface area (TPSA) is 53.8 Å². The second kappa shape index (κ2) is 4.94. The first-order chi connectivity index (χ1) is 7.15. The summed E-state index contributed by atoms with van der Waals surface area (Å²) in [6, 6.07) is 1.60. The summed E-state index contributed by atoms with van der Waals surface area (Å²) in [6.07, 6.45) is -1.52. The van der Waals surface area contributed by atoms with Gasteiger partial charge in [0.15, 0.2) is 6.29 Å². The van der Waals surface area contributed by atoms with E-state index >= 15 is 0 Å². The first-order valence-electron chi connectivity index (χ1n) is 3.86. The molecule has 15 heavy (non-hydrogen) atoms. The van der Waals surface area contributed by atoms with Crippen LogP contribution in [0.15, 0.2) is 6.20 Å². The number of aromatic nitrogens is 1. The van der Waals surface area contributed by atoms with Crippen LogP contribution in [0, 0.1) is 11.3 Å². The van der Waals surface area contributed by atoms with E-state index in [0.717, 1.165) is 6.20 Å². The van der Waals surface area contributed by atoms with Crippen LogP contribution in [0.3, 0.4) is 0 Å². The van der Waals surface area contributed by atoms with Crippen molar-refractivity contribution in [2.24, 2.45) is 0 Å². The van der Waals surface area contributed by atoms with E-state index in [1.165, 1.54) is 0 Å². The molecule has 1 rings (SSSR count). The maximum Gasteiger partial charge on any atom is 0.266 e. The summed E-state index contributed by atoms with van der Waals surface area (Å²) in [4.78, 5) is 14.4. The molecule has 3 nitrogen and oxygen atoms in total. The van der Waals surface area contributed by atoms with Gasteiger partial charge in [0, 0.05) is 11.5 Å². The molecule has 0 atom stereocenters. The molecule has 0 N–H and O–H groups in total. The van der Waals surface area contributed by atoms with Crippen LogP contribution >= 0.6 is 15.9 Å². The van der Waals surface area contributed by atoms with Gasteiger partial charge in [-0.25, -0.2) is 8.78 Å². The SMILES string of the molecule is N#Cc1c(C(F)F)cnc(CBr)c1C=O. The van der Waals surface area contributed by atoms with Crippen LogP contribution in [-0.4, -0.2) is 11.3 Å². The largest absolute Gasteiger partial charge is 0.298 e. The normalized spacial score (nSPS) is 10.1. The van der Waals surface area contributed by atoms with Crippen molar-refractivity contribution in [1.82, 2.24) is 4.98 Å². The third-order valence-electron chi connectivity index (χ3n) is 1.82. The molecule has 0 aromatic carbocycles. The van der Waals surface area contributed by atoms with Crippen LogP contribution in [0.25, 0.3) is 0 Å². The number of hydrogen-bond acceptors (Lipinski definition) is 3. The summed E-state index contributed by atoms with van der Waals surface area (Å²) in [5.41, 5.74) is -0.605. The lowest BCUT2D eigenvalue weighted by Gasteiger charge is -2.07. The van der Waals surface area contributed by atoms with E-state index in [9.17, 15) is 13.6 Å².